The predicted molar refractivity (Wildman–Crippen MR) is 102 cm³/mol. The number of nitriles is 1. The minimum atomic E-state index is -0.919. The molecule has 2 atom stereocenters. The van der Waals surface area contributed by atoms with Gasteiger partial charge in [-0.05, 0) is 41.5 Å². The lowest BCUT2D eigenvalue weighted by Gasteiger charge is -2.18. The van der Waals surface area contributed by atoms with Crippen molar-refractivity contribution in [3.63, 3.8) is 0 Å². The second kappa shape index (κ2) is 8.28. The van der Waals surface area contributed by atoms with Gasteiger partial charge in [0.2, 0.25) is 5.75 Å². The van der Waals surface area contributed by atoms with E-state index in [1.54, 1.807) is 30.3 Å². The van der Waals surface area contributed by atoms with E-state index in [1.165, 1.54) is 21.3 Å². The van der Waals surface area contributed by atoms with E-state index >= 15 is 0 Å². The minimum Gasteiger partial charge on any atom is -0.493 e. The highest BCUT2D eigenvalue weighted by Gasteiger charge is 2.31. The number of methoxy groups -OCH3 is 3. The number of hydrogen-bond acceptors (Lipinski definition) is 6. The van der Waals surface area contributed by atoms with Crippen LogP contribution in [0.3, 0.4) is 0 Å². The number of carbonyl (C=O) groups excluding carboxylic acids is 1. The molecule has 2 aromatic carbocycles. The Hall–Kier alpha value is -3.11. The first-order valence-electron chi connectivity index (χ1n) is 8.45. The molecule has 0 fully saturated rings. The number of benzene rings is 2. The number of nitrogens with one attached hydrogen (secondary N) is 1. The number of rotatable bonds is 6. The molecule has 1 aliphatic rings. The van der Waals surface area contributed by atoms with Gasteiger partial charge in [-0.1, -0.05) is 11.6 Å². The molecule has 28 heavy (non-hydrogen) atoms. The molecule has 1 N–H and O–H groups in total. The fraction of sp³-hybridized carbons (Fsp3) is 0.300. The molecule has 1 aliphatic heterocycles. The third-order valence-electron chi connectivity index (χ3n) is 4.43. The first-order valence-corrected chi connectivity index (χ1v) is 8.83. The second-order valence-electron chi connectivity index (χ2n) is 6.09. The summed E-state index contributed by atoms with van der Waals surface area (Å²) in [5.74, 6) is 1.41. The number of fused-ring (bicyclic) bond motifs is 1. The van der Waals surface area contributed by atoms with Crippen molar-refractivity contribution in [2.75, 3.05) is 21.3 Å². The van der Waals surface area contributed by atoms with E-state index in [0.717, 1.165) is 5.56 Å². The van der Waals surface area contributed by atoms with Gasteiger partial charge in [-0.15, -0.1) is 0 Å². The van der Waals surface area contributed by atoms with Gasteiger partial charge in [0, 0.05) is 11.4 Å². The standard InChI is InChI=1S/C20H19ClN2O5/c1-25-16-7-11(8-17(26-2)19(16)27-3)14(10-22)23-20(24)18-9-12-6-13(21)4-5-15(12)28-18/h4-8,14,18H,9H2,1-3H3,(H,23,24). The summed E-state index contributed by atoms with van der Waals surface area (Å²) in [5.41, 5.74) is 1.36. The van der Waals surface area contributed by atoms with Crippen molar-refractivity contribution in [1.29, 1.82) is 5.26 Å². The third-order valence-corrected chi connectivity index (χ3v) is 4.66. The van der Waals surface area contributed by atoms with Crippen molar-refractivity contribution in [1.82, 2.24) is 5.32 Å². The van der Waals surface area contributed by atoms with E-state index in [4.69, 9.17) is 30.5 Å². The molecule has 0 saturated heterocycles. The maximum Gasteiger partial charge on any atom is 0.262 e. The third kappa shape index (κ3) is 3.78. The Morgan fingerprint density at radius 2 is 1.89 bits per heavy atom. The Morgan fingerprint density at radius 1 is 1.21 bits per heavy atom. The van der Waals surface area contributed by atoms with E-state index in [-0.39, 0.29) is 0 Å². The zero-order chi connectivity index (χ0) is 20.3. The van der Waals surface area contributed by atoms with E-state index in [2.05, 4.69) is 11.4 Å². The van der Waals surface area contributed by atoms with Crippen LogP contribution in [0.15, 0.2) is 30.3 Å². The van der Waals surface area contributed by atoms with Crippen LogP contribution in [0.2, 0.25) is 5.02 Å². The van der Waals surface area contributed by atoms with Gasteiger partial charge in [0.25, 0.3) is 5.91 Å². The van der Waals surface area contributed by atoms with Gasteiger partial charge in [-0.3, -0.25) is 4.79 Å². The normalized spacial score (nSPS) is 15.6. The highest BCUT2D eigenvalue weighted by molar-refractivity contribution is 6.30. The lowest BCUT2D eigenvalue weighted by atomic mass is 10.1. The number of hydrogen-bond donors (Lipinski definition) is 1. The van der Waals surface area contributed by atoms with Crippen LogP contribution in [-0.4, -0.2) is 33.3 Å². The van der Waals surface area contributed by atoms with Crippen LogP contribution >= 0.6 is 11.6 Å². The molecule has 0 radical (unpaired) electrons. The molecule has 0 bridgehead atoms. The zero-order valence-corrected chi connectivity index (χ0v) is 16.4. The Kier molecular flexibility index (Phi) is 5.81. The fourth-order valence-corrected chi connectivity index (χ4v) is 3.25. The van der Waals surface area contributed by atoms with Gasteiger partial charge < -0.3 is 24.3 Å². The largest absolute Gasteiger partial charge is 0.493 e. The highest BCUT2D eigenvalue weighted by Crippen LogP contribution is 2.39. The summed E-state index contributed by atoms with van der Waals surface area (Å²) in [6.07, 6.45) is -0.346. The van der Waals surface area contributed by atoms with Crippen LogP contribution in [0.4, 0.5) is 0 Å². The average Bonchev–Trinajstić information content (AvgIpc) is 3.13. The van der Waals surface area contributed by atoms with E-state index in [0.29, 0.717) is 40.0 Å². The van der Waals surface area contributed by atoms with Gasteiger partial charge in [0.1, 0.15) is 11.8 Å². The average molecular weight is 403 g/mol. The molecule has 0 spiro atoms. The molecule has 146 valence electrons. The molecule has 7 nitrogen and oxygen atoms in total. The van der Waals surface area contributed by atoms with Crippen LogP contribution in [0.25, 0.3) is 0 Å². The van der Waals surface area contributed by atoms with Crippen molar-refractivity contribution in [3.05, 3.63) is 46.5 Å². The van der Waals surface area contributed by atoms with Crippen LogP contribution in [0.1, 0.15) is 17.2 Å². The molecule has 1 amide bonds. The summed E-state index contributed by atoms with van der Waals surface area (Å²) >= 11 is 5.99. The van der Waals surface area contributed by atoms with E-state index in [9.17, 15) is 10.1 Å². The summed E-state index contributed by atoms with van der Waals surface area (Å²) in [7, 11) is 4.45. The van der Waals surface area contributed by atoms with Crippen molar-refractivity contribution in [2.24, 2.45) is 0 Å². The number of halogens is 1. The Morgan fingerprint density at radius 3 is 2.46 bits per heavy atom. The number of amides is 1. The molecular formula is C20H19ClN2O5. The van der Waals surface area contributed by atoms with Gasteiger partial charge in [-0.25, -0.2) is 0 Å². The molecule has 2 aromatic rings. The van der Waals surface area contributed by atoms with Gasteiger partial charge >= 0.3 is 0 Å². The highest BCUT2D eigenvalue weighted by atomic mass is 35.5. The van der Waals surface area contributed by atoms with E-state index < -0.39 is 18.1 Å². The molecule has 0 saturated carbocycles. The Bertz CT molecular complexity index is 916. The van der Waals surface area contributed by atoms with Gasteiger partial charge in [0.05, 0.1) is 27.4 Å². The topological polar surface area (TPSA) is 89.8 Å². The molecule has 0 aliphatic carbocycles. The summed E-state index contributed by atoms with van der Waals surface area (Å²) < 4.78 is 21.6. The van der Waals surface area contributed by atoms with Crippen LogP contribution in [0.5, 0.6) is 23.0 Å². The molecule has 2 unspecified atom stereocenters. The van der Waals surface area contributed by atoms with Gasteiger partial charge in [0.15, 0.2) is 17.6 Å². The number of nitrogens with zero attached hydrogens (tertiary/aromatic N) is 1. The van der Waals surface area contributed by atoms with Crippen LogP contribution in [0, 0.1) is 11.3 Å². The summed E-state index contributed by atoms with van der Waals surface area (Å²) in [4.78, 5) is 12.7. The maximum absolute atomic E-state index is 12.7. The quantitative estimate of drug-likeness (QED) is 0.798. The minimum absolute atomic E-state index is 0.384. The van der Waals surface area contributed by atoms with E-state index in [1.807, 2.05) is 0 Å². The molecular weight excluding hydrogens is 384 g/mol. The molecule has 8 heteroatoms. The van der Waals surface area contributed by atoms with Crippen molar-refractivity contribution >= 4 is 17.5 Å². The van der Waals surface area contributed by atoms with Crippen LogP contribution < -0.4 is 24.3 Å². The summed E-state index contributed by atoms with van der Waals surface area (Å²) in [6.45, 7) is 0. The molecule has 3 rings (SSSR count). The van der Waals surface area contributed by atoms with Crippen LogP contribution in [-0.2, 0) is 11.2 Å². The van der Waals surface area contributed by atoms with Crippen molar-refractivity contribution < 1.29 is 23.7 Å². The summed E-state index contributed by atoms with van der Waals surface area (Å²) in [6, 6.07) is 9.61. The SMILES string of the molecule is COc1cc(C(C#N)NC(=O)C2Cc3cc(Cl)ccc3O2)cc(OC)c1OC. The number of ether oxygens (including phenoxy) is 4. The Balaban J connectivity index is 1.80. The first kappa shape index (κ1) is 19.6. The predicted octanol–water partition coefficient (Wildman–Crippen LogP) is 3.05. The lowest BCUT2D eigenvalue weighted by molar-refractivity contribution is -0.127. The lowest BCUT2D eigenvalue weighted by Crippen LogP contribution is -2.39. The monoisotopic (exact) mass is 402 g/mol. The number of carbonyl (C=O) groups is 1. The van der Waals surface area contributed by atoms with Crippen molar-refractivity contribution in [3.8, 4) is 29.1 Å². The fourth-order valence-electron chi connectivity index (χ4n) is 3.06. The zero-order valence-electron chi connectivity index (χ0n) is 15.6. The smallest absolute Gasteiger partial charge is 0.262 e. The Labute approximate surface area is 167 Å². The van der Waals surface area contributed by atoms with Gasteiger partial charge in [-0.2, -0.15) is 5.26 Å². The first-order chi connectivity index (χ1) is 13.5. The second-order valence-corrected chi connectivity index (χ2v) is 6.53. The molecule has 1 heterocycles. The summed E-state index contributed by atoms with van der Waals surface area (Å²) in [5, 5.41) is 12.9. The maximum atomic E-state index is 12.7. The molecule has 0 aromatic heterocycles. The van der Waals surface area contributed by atoms with Crippen molar-refractivity contribution in [2.45, 2.75) is 18.6 Å².